The van der Waals surface area contributed by atoms with Gasteiger partial charge in [-0.3, -0.25) is 0 Å². The molecule has 0 bridgehead atoms. The van der Waals surface area contributed by atoms with Crippen molar-refractivity contribution in [3.8, 4) is 11.5 Å². The van der Waals surface area contributed by atoms with Crippen LogP contribution in [-0.2, 0) is 10.0 Å². The minimum Gasteiger partial charge on any atom is -0.486 e. The number of pyridine rings is 1. The maximum Gasteiger partial charge on any atom is 0.244 e. The molecule has 0 saturated heterocycles. The largest absolute Gasteiger partial charge is 0.486 e. The first-order valence-corrected chi connectivity index (χ1v) is 10.3. The molecule has 0 amide bonds. The van der Waals surface area contributed by atoms with Crippen LogP contribution >= 0.6 is 11.8 Å². The Bertz CT molecular complexity index is 834. The second-order valence-corrected chi connectivity index (χ2v) is 8.36. The number of aromatic nitrogens is 1. The van der Waals surface area contributed by atoms with Crippen LogP contribution in [0.25, 0.3) is 0 Å². The molecule has 2 aromatic rings. The zero-order valence-corrected chi connectivity index (χ0v) is 15.8. The summed E-state index contributed by atoms with van der Waals surface area (Å²) >= 11 is 1.44. The molecule has 0 atom stereocenters. The number of nitrogens with zero attached hydrogens (tertiary/aromatic N) is 2. The fourth-order valence-electron chi connectivity index (χ4n) is 2.50. The predicted molar refractivity (Wildman–Crippen MR) is 95.9 cm³/mol. The number of fused-ring (bicyclic) bond motifs is 1. The molecular weight excluding hydrogens is 360 g/mol. The third-order valence-corrected chi connectivity index (χ3v) is 6.76. The first-order valence-electron chi connectivity index (χ1n) is 8.08. The molecule has 134 valence electrons. The Morgan fingerprint density at radius 2 is 1.80 bits per heavy atom. The maximum atomic E-state index is 12.5. The fourth-order valence-corrected chi connectivity index (χ4v) is 4.69. The van der Waals surface area contributed by atoms with Gasteiger partial charge in [0.2, 0.25) is 10.0 Å². The SMILES string of the molecule is CCN(CC)S(=O)(=O)c1ccc(Sc2ccc3c(c2)OCCO3)nc1. The van der Waals surface area contributed by atoms with Crippen molar-refractivity contribution in [2.24, 2.45) is 0 Å². The number of sulfonamides is 1. The Morgan fingerprint density at radius 1 is 1.08 bits per heavy atom. The molecule has 0 spiro atoms. The molecule has 25 heavy (non-hydrogen) atoms. The molecule has 8 heteroatoms. The van der Waals surface area contributed by atoms with E-state index in [9.17, 15) is 8.42 Å². The molecule has 1 aliphatic heterocycles. The predicted octanol–water partition coefficient (Wildman–Crippen LogP) is 3.03. The quantitative estimate of drug-likeness (QED) is 0.767. The van der Waals surface area contributed by atoms with Gasteiger partial charge in [-0.05, 0) is 30.3 Å². The van der Waals surface area contributed by atoms with E-state index in [1.807, 2.05) is 32.0 Å². The van der Waals surface area contributed by atoms with Gasteiger partial charge in [-0.15, -0.1) is 0 Å². The first kappa shape index (κ1) is 18.0. The number of ether oxygens (including phenoxy) is 2. The molecule has 2 heterocycles. The highest BCUT2D eigenvalue weighted by Gasteiger charge is 2.22. The lowest BCUT2D eigenvalue weighted by atomic mass is 10.3. The van der Waals surface area contributed by atoms with E-state index in [1.165, 1.54) is 22.3 Å². The maximum absolute atomic E-state index is 12.5. The molecule has 0 unspecified atom stereocenters. The lowest BCUT2D eigenvalue weighted by Crippen LogP contribution is -2.30. The zero-order chi connectivity index (χ0) is 17.9. The molecular formula is C17H20N2O4S2. The van der Waals surface area contributed by atoms with Crippen LogP contribution in [0.4, 0.5) is 0 Å². The van der Waals surface area contributed by atoms with Crippen LogP contribution in [0.1, 0.15) is 13.8 Å². The highest BCUT2D eigenvalue weighted by Crippen LogP contribution is 2.36. The number of rotatable bonds is 6. The first-order chi connectivity index (χ1) is 12.0. The Morgan fingerprint density at radius 3 is 2.44 bits per heavy atom. The van der Waals surface area contributed by atoms with Gasteiger partial charge in [0.05, 0.1) is 0 Å². The Labute approximate surface area is 152 Å². The van der Waals surface area contributed by atoms with E-state index >= 15 is 0 Å². The van der Waals surface area contributed by atoms with Gasteiger partial charge in [0.25, 0.3) is 0 Å². The van der Waals surface area contributed by atoms with Crippen molar-refractivity contribution in [2.45, 2.75) is 28.7 Å². The Balaban J connectivity index is 1.77. The van der Waals surface area contributed by atoms with Crippen LogP contribution in [0.15, 0.2) is 51.3 Å². The van der Waals surface area contributed by atoms with E-state index in [1.54, 1.807) is 12.1 Å². The van der Waals surface area contributed by atoms with Crippen LogP contribution in [0.3, 0.4) is 0 Å². The van der Waals surface area contributed by atoms with Crippen molar-refractivity contribution in [2.75, 3.05) is 26.3 Å². The summed E-state index contributed by atoms with van der Waals surface area (Å²) < 4.78 is 37.4. The molecule has 0 N–H and O–H groups in total. The highest BCUT2D eigenvalue weighted by molar-refractivity contribution is 7.99. The number of hydrogen-bond acceptors (Lipinski definition) is 6. The van der Waals surface area contributed by atoms with Gasteiger partial charge >= 0.3 is 0 Å². The summed E-state index contributed by atoms with van der Waals surface area (Å²) in [6.45, 7) is 5.61. The summed E-state index contributed by atoms with van der Waals surface area (Å²) in [6, 6.07) is 9.02. The summed E-state index contributed by atoms with van der Waals surface area (Å²) in [4.78, 5) is 5.45. The van der Waals surface area contributed by atoms with Crippen LogP contribution in [0.5, 0.6) is 11.5 Å². The summed E-state index contributed by atoms with van der Waals surface area (Å²) in [7, 11) is -3.48. The van der Waals surface area contributed by atoms with Crippen molar-refractivity contribution in [1.82, 2.24) is 9.29 Å². The van der Waals surface area contributed by atoms with Gasteiger partial charge < -0.3 is 9.47 Å². The topological polar surface area (TPSA) is 68.7 Å². The van der Waals surface area contributed by atoms with E-state index in [0.29, 0.717) is 26.3 Å². The minimum absolute atomic E-state index is 0.211. The van der Waals surface area contributed by atoms with Gasteiger partial charge in [-0.2, -0.15) is 4.31 Å². The van der Waals surface area contributed by atoms with Crippen LogP contribution in [-0.4, -0.2) is 44.0 Å². The van der Waals surface area contributed by atoms with E-state index < -0.39 is 10.0 Å². The van der Waals surface area contributed by atoms with E-state index in [-0.39, 0.29) is 4.90 Å². The van der Waals surface area contributed by atoms with Gasteiger partial charge in [0.1, 0.15) is 23.1 Å². The van der Waals surface area contributed by atoms with Crippen molar-refractivity contribution >= 4 is 21.8 Å². The van der Waals surface area contributed by atoms with Gasteiger partial charge in [0, 0.05) is 24.2 Å². The molecule has 6 nitrogen and oxygen atoms in total. The lowest BCUT2D eigenvalue weighted by Gasteiger charge is -2.19. The molecule has 1 aromatic carbocycles. The molecule has 1 aliphatic rings. The summed E-state index contributed by atoms with van der Waals surface area (Å²) in [5.41, 5.74) is 0. The number of hydrogen-bond donors (Lipinski definition) is 0. The van der Waals surface area contributed by atoms with Crippen molar-refractivity contribution in [3.05, 3.63) is 36.5 Å². The van der Waals surface area contributed by atoms with E-state index in [0.717, 1.165) is 21.4 Å². The van der Waals surface area contributed by atoms with Gasteiger partial charge in [-0.25, -0.2) is 13.4 Å². The van der Waals surface area contributed by atoms with Gasteiger partial charge in [-0.1, -0.05) is 25.6 Å². The standard InChI is InChI=1S/C17H20N2O4S2/c1-3-19(4-2)25(20,21)14-6-8-17(18-12-14)24-13-5-7-15-16(11-13)23-10-9-22-15/h5-8,11-12H,3-4,9-10H2,1-2H3. The Kier molecular flexibility index (Phi) is 5.51. The highest BCUT2D eigenvalue weighted by atomic mass is 32.2. The van der Waals surface area contributed by atoms with E-state index in [4.69, 9.17) is 9.47 Å². The van der Waals surface area contributed by atoms with Crippen molar-refractivity contribution in [3.63, 3.8) is 0 Å². The second kappa shape index (κ2) is 7.63. The average molecular weight is 380 g/mol. The Hall–Kier alpha value is -1.77. The third kappa shape index (κ3) is 3.91. The smallest absolute Gasteiger partial charge is 0.244 e. The average Bonchev–Trinajstić information content (AvgIpc) is 2.63. The molecule has 0 radical (unpaired) electrons. The zero-order valence-electron chi connectivity index (χ0n) is 14.1. The van der Waals surface area contributed by atoms with Crippen LogP contribution < -0.4 is 9.47 Å². The number of benzene rings is 1. The summed E-state index contributed by atoms with van der Waals surface area (Å²) in [5, 5.41) is 0.718. The summed E-state index contributed by atoms with van der Waals surface area (Å²) in [6.07, 6.45) is 1.41. The molecule has 0 saturated carbocycles. The monoisotopic (exact) mass is 380 g/mol. The minimum atomic E-state index is -3.48. The molecule has 3 rings (SSSR count). The van der Waals surface area contributed by atoms with Crippen molar-refractivity contribution in [1.29, 1.82) is 0 Å². The van der Waals surface area contributed by atoms with E-state index in [2.05, 4.69) is 4.98 Å². The normalized spacial score (nSPS) is 13.9. The molecule has 0 aliphatic carbocycles. The third-order valence-electron chi connectivity index (χ3n) is 3.79. The molecule has 1 aromatic heterocycles. The fraction of sp³-hybridized carbons (Fsp3) is 0.353. The van der Waals surface area contributed by atoms with Crippen LogP contribution in [0, 0.1) is 0 Å². The van der Waals surface area contributed by atoms with Crippen molar-refractivity contribution < 1.29 is 17.9 Å². The summed E-state index contributed by atoms with van der Waals surface area (Å²) in [5.74, 6) is 1.46. The second-order valence-electron chi connectivity index (χ2n) is 5.33. The lowest BCUT2D eigenvalue weighted by molar-refractivity contribution is 0.171. The van der Waals surface area contributed by atoms with Gasteiger partial charge in [0.15, 0.2) is 11.5 Å². The van der Waals surface area contributed by atoms with Crippen LogP contribution in [0.2, 0.25) is 0 Å². The molecule has 0 fully saturated rings.